The SMILES string of the molecule is N[C@H](c1cc(F)c(I)cc1F)C(F)(F)F. The van der Waals surface area contributed by atoms with E-state index in [9.17, 15) is 22.0 Å². The van der Waals surface area contributed by atoms with E-state index in [0.717, 1.165) is 0 Å². The molecule has 0 aliphatic carbocycles. The first kappa shape index (κ1) is 12.6. The molecule has 15 heavy (non-hydrogen) atoms. The second kappa shape index (κ2) is 4.20. The number of rotatable bonds is 1. The summed E-state index contributed by atoms with van der Waals surface area (Å²) in [6.07, 6.45) is -4.79. The van der Waals surface area contributed by atoms with Crippen LogP contribution in [0.2, 0.25) is 0 Å². The first-order chi connectivity index (χ1) is 6.73. The van der Waals surface area contributed by atoms with Gasteiger partial charge in [-0.3, -0.25) is 0 Å². The van der Waals surface area contributed by atoms with Crippen LogP contribution in [-0.2, 0) is 0 Å². The quantitative estimate of drug-likeness (QED) is 0.476. The second-order valence-corrected chi connectivity index (χ2v) is 3.97. The zero-order valence-corrected chi connectivity index (χ0v) is 9.23. The van der Waals surface area contributed by atoms with Gasteiger partial charge in [-0.15, -0.1) is 0 Å². The van der Waals surface area contributed by atoms with Crippen molar-refractivity contribution in [3.8, 4) is 0 Å². The fraction of sp³-hybridized carbons (Fsp3) is 0.250. The molecule has 0 unspecified atom stereocenters. The third-order valence-corrected chi connectivity index (χ3v) is 2.55. The van der Waals surface area contributed by atoms with Gasteiger partial charge in [0.15, 0.2) is 0 Å². The number of halogens is 6. The molecule has 0 amide bonds. The third-order valence-electron chi connectivity index (χ3n) is 1.73. The van der Waals surface area contributed by atoms with E-state index in [2.05, 4.69) is 0 Å². The molecule has 1 aromatic rings. The number of hydrogen-bond donors (Lipinski definition) is 1. The van der Waals surface area contributed by atoms with Crippen molar-refractivity contribution in [1.29, 1.82) is 0 Å². The Bertz CT molecular complexity index is 376. The van der Waals surface area contributed by atoms with Crippen LogP contribution in [0, 0.1) is 15.2 Å². The lowest BCUT2D eigenvalue weighted by atomic mass is 10.1. The van der Waals surface area contributed by atoms with Crippen molar-refractivity contribution in [1.82, 2.24) is 0 Å². The van der Waals surface area contributed by atoms with Crippen molar-refractivity contribution in [2.24, 2.45) is 5.73 Å². The molecule has 0 radical (unpaired) electrons. The maximum atomic E-state index is 13.1. The molecule has 1 nitrogen and oxygen atoms in total. The Morgan fingerprint density at radius 2 is 1.67 bits per heavy atom. The predicted molar refractivity (Wildman–Crippen MR) is 52.1 cm³/mol. The number of nitrogens with two attached hydrogens (primary N) is 1. The van der Waals surface area contributed by atoms with Crippen LogP contribution in [-0.4, -0.2) is 6.18 Å². The first-order valence-electron chi connectivity index (χ1n) is 3.70. The molecule has 1 atom stereocenters. The van der Waals surface area contributed by atoms with Crippen molar-refractivity contribution >= 4 is 22.6 Å². The number of alkyl halides is 3. The van der Waals surface area contributed by atoms with Gasteiger partial charge in [-0.25, -0.2) is 8.78 Å². The molecule has 0 aliphatic heterocycles. The van der Waals surface area contributed by atoms with E-state index in [1.54, 1.807) is 0 Å². The molecule has 7 heteroatoms. The highest BCUT2D eigenvalue weighted by Crippen LogP contribution is 2.32. The van der Waals surface area contributed by atoms with Gasteiger partial charge in [-0.2, -0.15) is 13.2 Å². The summed E-state index contributed by atoms with van der Waals surface area (Å²) in [5.74, 6) is -2.09. The molecule has 1 aromatic carbocycles. The van der Waals surface area contributed by atoms with Crippen molar-refractivity contribution in [3.05, 3.63) is 32.9 Å². The van der Waals surface area contributed by atoms with Crippen molar-refractivity contribution in [3.63, 3.8) is 0 Å². The monoisotopic (exact) mass is 337 g/mol. The highest BCUT2D eigenvalue weighted by atomic mass is 127. The molecule has 0 fully saturated rings. The Morgan fingerprint density at radius 1 is 1.13 bits per heavy atom. The minimum atomic E-state index is -4.79. The lowest BCUT2D eigenvalue weighted by Gasteiger charge is -2.16. The van der Waals surface area contributed by atoms with Crippen LogP contribution < -0.4 is 5.73 Å². The van der Waals surface area contributed by atoms with E-state index in [4.69, 9.17) is 5.73 Å². The average molecular weight is 337 g/mol. The van der Waals surface area contributed by atoms with Crippen LogP contribution in [0.5, 0.6) is 0 Å². The zero-order chi connectivity index (χ0) is 11.8. The van der Waals surface area contributed by atoms with Gasteiger partial charge in [0.1, 0.15) is 17.7 Å². The highest BCUT2D eigenvalue weighted by Gasteiger charge is 2.39. The summed E-state index contributed by atoms with van der Waals surface area (Å²) in [4.78, 5) is 0. The summed E-state index contributed by atoms with van der Waals surface area (Å²) < 4.78 is 62.3. The Kier molecular flexibility index (Phi) is 3.54. The summed E-state index contributed by atoms with van der Waals surface area (Å²) in [7, 11) is 0. The molecule has 0 saturated heterocycles. The maximum Gasteiger partial charge on any atom is 0.407 e. The van der Waals surface area contributed by atoms with Crippen LogP contribution in [0.1, 0.15) is 11.6 Å². The maximum absolute atomic E-state index is 13.1. The summed E-state index contributed by atoms with van der Waals surface area (Å²) in [6, 6.07) is -1.37. The highest BCUT2D eigenvalue weighted by molar-refractivity contribution is 14.1. The molecule has 0 heterocycles. The second-order valence-electron chi connectivity index (χ2n) is 2.81. The molecule has 0 bridgehead atoms. The lowest BCUT2D eigenvalue weighted by Crippen LogP contribution is -2.29. The van der Waals surface area contributed by atoms with E-state index >= 15 is 0 Å². The zero-order valence-electron chi connectivity index (χ0n) is 7.08. The molecule has 2 N–H and O–H groups in total. The van der Waals surface area contributed by atoms with E-state index < -0.39 is 29.4 Å². The van der Waals surface area contributed by atoms with Gasteiger partial charge in [-0.1, -0.05) is 0 Å². The van der Waals surface area contributed by atoms with E-state index in [0.29, 0.717) is 12.1 Å². The molecule has 84 valence electrons. The molecule has 1 rings (SSSR count). The Morgan fingerprint density at radius 3 is 2.13 bits per heavy atom. The van der Waals surface area contributed by atoms with Gasteiger partial charge in [0.05, 0.1) is 3.57 Å². The van der Waals surface area contributed by atoms with Crippen LogP contribution in [0.3, 0.4) is 0 Å². The van der Waals surface area contributed by atoms with Crippen LogP contribution in [0.25, 0.3) is 0 Å². The fourth-order valence-corrected chi connectivity index (χ4v) is 1.38. The van der Waals surface area contributed by atoms with Crippen LogP contribution in [0.15, 0.2) is 12.1 Å². The Balaban J connectivity index is 3.21. The summed E-state index contributed by atoms with van der Waals surface area (Å²) >= 11 is 1.47. The van der Waals surface area contributed by atoms with Crippen LogP contribution in [0.4, 0.5) is 22.0 Å². The van der Waals surface area contributed by atoms with Crippen LogP contribution >= 0.6 is 22.6 Å². The molecule has 0 saturated carbocycles. The summed E-state index contributed by atoms with van der Waals surface area (Å²) in [5, 5.41) is 0. The van der Waals surface area contributed by atoms with Crippen molar-refractivity contribution < 1.29 is 22.0 Å². The van der Waals surface area contributed by atoms with Gasteiger partial charge < -0.3 is 5.73 Å². The molecule has 0 aliphatic rings. The minimum Gasteiger partial charge on any atom is -0.316 e. The lowest BCUT2D eigenvalue weighted by molar-refractivity contribution is -0.149. The van der Waals surface area contributed by atoms with Crippen molar-refractivity contribution in [2.75, 3.05) is 0 Å². The topological polar surface area (TPSA) is 26.0 Å². The normalized spacial score (nSPS) is 14.1. The number of benzene rings is 1. The minimum absolute atomic E-state index is 0.0942. The Hall–Kier alpha value is -0.440. The molecular weight excluding hydrogens is 332 g/mol. The fourth-order valence-electron chi connectivity index (χ4n) is 0.953. The average Bonchev–Trinajstić information content (AvgIpc) is 2.08. The van der Waals surface area contributed by atoms with E-state index in [1.807, 2.05) is 0 Å². The van der Waals surface area contributed by atoms with Gasteiger partial charge in [0.2, 0.25) is 0 Å². The predicted octanol–water partition coefficient (Wildman–Crippen LogP) is 3.13. The van der Waals surface area contributed by atoms with E-state index in [1.165, 1.54) is 22.6 Å². The van der Waals surface area contributed by atoms with Gasteiger partial charge in [-0.05, 0) is 34.7 Å². The standard InChI is InChI=1S/C8H5F5IN/c9-4-2-6(14)5(10)1-3(4)7(15)8(11,12)13/h1-2,7H,15H2/t7-/m1/s1. The summed E-state index contributed by atoms with van der Waals surface area (Å²) in [5.41, 5.74) is 3.87. The molecule has 0 aromatic heterocycles. The van der Waals surface area contributed by atoms with Gasteiger partial charge in [0.25, 0.3) is 0 Å². The largest absolute Gasteiger partial charge is 0.407 e. The Labute approximate surface area is 95.6 Å². The summed E-state index contributed by atoms with van der Waals surface area (Å²) in [6.45, 7) is 0. The number of hydrogen-bond acceptors (Lipinski definition) is 1. The van der Waals surface area contributed by atoms with Crippen molar-refractivity contribution in [2.45, 2.75) is 12.2 Å². The molecule has 0 spiro atoms. The first-order valence-corrected chi connectivity index (χ1v) is 4.78. The van der Waals surface area contributed by atoms with E-state index in [-0.39, 0.29) is 3.57 Å². The van der Waals surface area contributed by atoms with Gasteiger partial charge in [0, 0.05) is 5.56 Å². The smallest absolute Gasteiger partial charge is 0.316 e. The molecular formula is C8H5F5IN. The van der Waals surface area contributed by atoms with Gasteiger partial charge >= 0.3 is 6.18 Å². The third kappa shape index (κ3) is 2.77.